The fourth-order valence-corrected chi connectivity index (χ4v) is 2.00. The molecular weight excluding hydrogens is 202 g/mol. The zero-order chi connectivity index (χ0) is 11.4. The second-order valence-corrected chi connectivity index (χ2v) is 4.52. The molecule has 0 atom stereocenters. The maximum Gasteiger partial charge on any atom is 0.129 e. The molecule has 4 heteroatoms. The van der Waals surface area contributed by atoms with Gasteiger partial charge in [0.25, 0.3) is 0 Å². The van der Waals surface area contributed by atoms with E-state index in [-0.39, 0.29) is 6.10 Å². The van der Waals surface area contributed by atoms with Gasteiger partial charge >= 0.3 is 0 Å². The van der Waals surface area contributed by atoms with Crippen LogP contribution in [0.1, 0.15) is 31.9 Å². The fourth-order valence-electron chi connectivity index (χ4n) is 2.00. The molecule has 0 amide bonds. The lowest BCUT2D eigenvalue weighted by molar-refractivity contribution is 0.0486. The zero-order valence-electron chi connectivity index (χ0n) is 9.69. The summed E-state index contributed by atoms with van der Waals surface area (Å²) >= 11 is 0. The van der Waals surface area contributed by atoms with Gasteiger partial charge in [0.15, 0.2) is 0 Å². The monoisotopic (exact) mass is 221 g/mol. The third-order valence-corrected chi connectivity index (χ3v) is 3.01. The van der Waals surface area contributed by atoms with Gasteiger partial charge in [-0.15, -0.1) is 0 Å². The van der Waals surface area contributed by atoms with Crippen molar-refractivity contribution in [1.29, 1.82) is 0 Å². The number of nitrogens with one attached hydrogen (secondary N) is 1. The predicted octanol–water partition coefficient (Wildman–Crippen LogP) is 1.61. The molecule has 1 aliphatic rings. The lowest BCUT2D eigenvalue weighted by Crippen LogP contribution is -2.33. The maximum absolute atomic E-state index is 9.18. The molecular formula is C12H19N3O. The summed E-state index contributed by atoms with van der Waals surface area (Å²) in [5.41, 5.74) is 1.09. The highest BCUT2D eigenvalue weighted by Gasteiger charge is 2.26. The van der Waals surface area contributed by atoms with Crippen molar-refractivity contribution in [2.75, 3.05) is 11.9 Å². The van der Waals surface area contributed by atoms with Crippen LogP contribution in [0.2, 0.25) is 0 Å². The molecule has 0 spiro atoms. The average molecular weight is 221 g/mol. The van der Waals surface area contributed by atoms with Crippen molar-refractivity contribution in [2.24, 2.45) is 5.92 Å². The van der Waals surface area contributed by atoms with Crippen molar-refractivity contribution in [3.05, 3.63) is 18.1 Å². The molecule has 1 fully saturated rings. The van der Waals surface area contributed by atoms with Crippen molar-refractivity contribution in [2.45, 2.75) is 38.7 Å². The summed E-state index contributed by atoms with van der Waals surface area (Å²) in [5, 5.41) is 12.5. The van der Waals surface area contributed by atoms with Gasteiger partial charge in [-0.3, -0.25) is 0 Å². The summed E-state index contributed by atoms with van der Waals surface area (Å²) in [7, 11) is 0. The van der Waals surface area contributed by atoms with E-state index in [4.69, 9.17) is 0 Å². The Labute approximate surface area is 96.1 Å². The molecule has 0 aliphatic heterocycles. The van der Waals surface area contributed by atoms with Gasteiger partial charge in [0.05, 0.1) is 6.10 Å². The smallest absolute Gasteiger partial charge is 0.129 e. The Bertz CT molecular complexity index is 337. The first-order valence-electron chi connectivity index (χ1n) is 6.00. The van der Waals surface area contributed by atoms with E-state index in [0.29, 0.717) is 5.92 Å². The van der Waals surface area contributed by atoms with E-state index in [1.807, 2.05) is 6.07 Å². The number of hydrogen-bond donors (Lipinski definition) is 2. The van der Waals surface area contributed by atoms with E-state index in [9.17, 15) is 5.11 Å². The average Bonchev–Trinajstić information content (AvgIpc) is 2.24. The van der Waals surface area contributed by atoms with Crippen molar-refractivity contribution in [3.63, 3.8) is 0 Å². The Morgan fingerprint density at radius 1 is 1.44 bits per heavy atom. The van der Waals surface area contributed by atoms with Crippen LogP contribution >= 0.6 is 0 Å². The number of nitrogens with zero attached hydrogens (tertiary/aromatic N) is 2. The van der Waals surface area contributed by atoms with Crippen molar-refractivity contribution >= 4 is 5.82 Å². The van der Waals surface area contributed by atoms with E-state index in [1.54, 1.807) is 6.33 Å². The van der Waals surface area contributed by atoms with Crippen LogP contribution in [0.25, 0.3) is 0 Å². The molecule has 0 radical (unpaired) electrons. The van der Waals surface area contributed by atoms with E-state index in [2.05, 4.69) is 22.2 Å². The summed E-state index contributed by atoms with van der Waals surface area (Å²) in [6, 6.07) is 2.01. The van der Waals surface area contributed by atoms with Crippen LogP contribution in [0.3, 0.4) is 0 Å². The van der Waals surface area contributed by atoms with Crippen LogP contribution in [-0.2, 0) is 6.42 Å². The number of aryl methyl sites for hydroxylation is 1. The topological polar surface area (TPSA) is 58.0 Å². The molecule has 0 bridgehead atoms. The highest BCUT2D eigenvalue weighted by molar-refractivity contribution is 5.34. The first kappa shape index (κ1) is 11.3. The second-order valence-electron chi connectivity index (χ2n) is 4.52. The predicted molar refractivity (Wildman–Crippen MR) is 63.2 cm³/mol. The lowest BCUT2D eigenvalue weighted by Gasteiger charge is -2.31. The van der Waals surface area contributed by atoms with Gasteiger partial charge in [0.2, 0.25) is 0 Å². The van der Waals surface area contributed by atoms with Crippen LogP contribution in [0.5, 0.6) is 0 Å². The molecule has 4 nitrogen and oxygen atoms in total. The Kier molecular flexibility index (Phi) is 3.72. The molecule has 1 aromatic rings. The number of rotatable bonds is 5. The van der Waals surface area contributed by atoms with E-state index >= 15 is 0 Å². The van der Waals surface area contributed by atoms with Crippen LogP contribution < -0.4 is 5.32 Å². The normalized spacial score (nSPS) is 23.9. The quantitative estimate of drug-likeness (QED) is 0.793. The van der Waals surface area contributed by atoms with Crippen LogP contribution in [0.15, 0.2) is 12.4 Å². The molecule has 1 heterocycles. The molecule has 0 saturated heterocycles. The minimum atomic E-state index is -0.0761. The van der Waals surface area contributed by atoms with Gasteiger partial charge in [-0.1, -0.05) is 13.3 Å². The SMILES string of the molecule is CCCc1cc(NCC2CC(O)C2)ncn1. The Morgan fingerprint density at radius 3 is 2.94 bits per heavy atom. The minimum absolute atomic E-state index is 0.0761. The molecule has 1 aliphatic carbocycles. The first-order valence-corrected chi connectivity index (χ1v) is 6.00. The third-order valence-electron chi connectivity index (χ3n) is 3.01. The summed E-state index contributed by atoms with van der Waals surface area (Å²) in [6.07, 6.45) is 5.47. The van der Waals surface area contributed by atoms with Crippen LogP contribution in [-0.4, -0.2) is 27.7 Å². The first-order chi connectivity index (χ1) is 7.78. The molecule has 16 heavy (non-hydrogen) atoms. The van der Waals surface area contributed by atoms with Gasteiger partial charge in [0, 0.05) is 18.3 Å². The highest BCUT2D eigenvalue weighted by atomic mass is 16.3. The molecule has 88 valence electrons. The minimum Gasteiger partial charge on any atom is -0.393 e. The molecule has 1 saturated carbocycles. The molecule has 1 aromatic heterocycles. The summed E-state index contributed by atoms with van der Waals surface area (Å²) in [5.74, 6) is 1.50. The summed E-state index contributed by atoms with van der Waals surface area (Å²) in [6.45, 7) is 3.05. The van der Waals surface area contributed by atoms with Crippen molar-refractivity contribution < 1.29 is 5.11 Å². The number of anilines is 1. The van der Waals surface area contributed by atoms with Gasteiger partial charge in [-0.2, -0.15) is 0 Å². The Balaban J connectivity index is 1.81. The summed E-state index contributed by atoms with van der Waals surface area (Å²) in [4.78, 5) is 8.40. The van der Waals surface area contributed by atoms with Crippen LogP contribution in [0, 0.1) is 5.92 Å². The third kappa shape index (κ3) is 2.92. The summed E-state index contributed by atoms with van der Waals surface area (Å²) < 4.78 is 0. The largest absolute Gasteiger partial charge is 0.393 e. The molecule has 2 rings (SSSR count). The van der Waals surface area contributed by atoms with Crippen molar-refractivity contribution in [3.8, 4) is 0 Å². The standard InChI is InChI=1S/C12H19N3O/c1-2-3-10-6-12(15-8-14-10)13-7-9-4-11(16)5-9/h6,8-9,11,16H,2-5,7H2,1H3,(H,13,14,15). The van der Waals surface area contributed by atoms with Gasteiger partial charge in [-0.05, 0) is 25.2 Å². The van der Waals surface area contributed by atoms with Crippen LogP contribution in [0.4, 0.5) is 5.82 Å². The van der Waals surface area contributed by atoms with Gasteiger partial charge in [0.1, 0.15) is 12.1 Å². The lowest BCUT2D eigenvalue weighted by atomic mass is 9.82. The second kappa shape index (κ2) is 5.25. The number of aliphatic hydroxyl groups is 1. The molecule has 0 aromatic carbocycles. The Morgan fingerprint density at radius 2 is 2.25 bits per heavy atom. The fraction of sp³-hybridized carbons (Fsp3) is 0.667. The number of aromatic nitrogens is 2. The Hall–Kier alpha value is -1.16. The van der Waals surface area contributed by atoms with Gasteiger partial charge < -0.3 is 10.4 Å². The molecule has 2 N–H and O–H groups in total. The van der Waals surface area contributed by atoms with E-state index < -0.39 is 0 Å². The zero-order valence-corrected chi connectivity index (χ0v) is 9.69. The van der Waals surface area contributed by atoms with E-state index in [0.717, 1.165) is 43.7 Å². The van der Waals surface area contributed by atoms with E-state index in [1.165, 1.54) is 0 Å². The molecule has 0 unspecified atom stereocenters. The highest BCUT2D eigenvalue weighted by Crippen LogP contribution is 2.27. The number of hydrogen-bond acceptors (Lipinski definition) is 4. The number of aliphatic hydroxyl groups excluding tert-OH is 1. The van der Waals surface area contributed by atoms with Crippen molar-refractivity contribution in [1.82, 2.24) is 9.97 Å². The van der Waals surface area contributed by atoms with Gasteiger partial charge in [-0.25, -0.2) is 9.97 Å². The maximum atomic E-state index is 9.18.